The summed E-state index contributed by atoms with van der Waals surface area (Å²) in [5.74, 6) is 0.0979. The molecule has 94 valence electrons. The van der Waals surface area contributed by atoms with Crippen molar-refractivity contribution in [3.8, 4) is 0 Å². The second-order valence-electron chi connectivity index (χ2n) is 3.98. The summed E-state index contributed by atoms with van der Waals surface area (Å²) in [5, 5.41) is 5.88. The lowest BCUT2D eigenvalue weighted by atomic mass is 10.3. The van der Waals surface area contributed by atoms with E-state index in [-0.39, 0.29) is 5.91 Å². The standard InChI is InChI=1S/C11H23N3O2/c1-12-11(15)3-5-13-4-2-6-14-7-9-16-10-8-14/h13H,2-10H2,1H3,(H,12,15). The van der Waals surface area contributed by atoms with Crippen LogP contribution in [0.3, 0.4) is 0 Å². The first-order valence-electron chi connectivity index (χ1n) is 6.04. The fourth-order valence-electron chi connectivity index (χ4n) is 1.70. The van der Waals surface area contributed by atoms with Crippen LogP contribution in [0.5, 0.6) is 0 Å². The van der Waals surface area contributed by atoms with Crippen molar-refractivity contribution in [2.24, 2.45) is 0 Å². The molecular weight excluding hydrogens is 206 g/mol. The van der Waals surface area contributed by atoms with Gasteiger partial charge in [0, 0.05) is 33.1 Å². The maximum Gasteiger partial charge on any atom is 0.221 e. The molecule has 1 saturated heterocycles. The van der Waals surface area contributed by atoms with Crippen LogP contribution in [0.15, 0.2) is 0 Å². The molecular formula is C11H23N3O2. The molecule has 0 spiro atoms. The number of amides is 1. The Hall–Kier alpha value is -0.650. The Morgan fingerprint density at radius 2 is 2.06 bits per heavy atom. The minimum absolute atomic E-state index is 0.0979. The van der Waals surface area contributed by atoms with Crippen molar-refractivity contribution in [3.05, 3.63) is 0 Å². The van der Waals surface area contributed by atoms with Crippen LogP contribution in [0.4, 0.5) is 0 Å². The molecule has 1 aliphatic heterocycles. The molecule has 0 radical (unpaired) electrons. The van der Waals surface area contributed by atoms with E-state index >= 15 is 0 Å². The SMILES string of the molecule is CNC(=O)CCNCCCN1CCOCC1. The van der Waals surface area contributed by atoms with E-state index in [2.05, 4.69) is 15.5 Å². The van der Waals surface area contributed by atoms with Gasteiger partial charge in [-0.2, -0.15) is 0 Å². The van der Waals surface area contributed by atoms with Crippen LogP contribution >= 0.6 is 0 Å². The molecule has 0 bridgehead atoms. The fourth-order valence-corrected chi connectivity index (χ4v) is 1.70. The predicted octanol–water partition coefficient (Wildman–Crippen LogP) is -0.566. The highest BCUT2D eigenvalue weighted by atomic mass is 16.5. The number of ether oxygens (including phenoxy) is 1. The van der Waals surface area contributed by atoms with Crippen LogP contribution in [0.2, 0.25) is 0 Å². The summed E-state index contributed by atoms with van der Waals surface area (Å²) >= 11 is 0. The molecule has 0 aromatic carbocycles. The number of carbonyl (C=O) groups is 1. The molecule has 0 aromatic rings. The van der Waals surface area contributed by atoms with Gasteiger partial charge in [0.05, 0.1) is 13.2 Å². The van der Waals surface area contributed by atoms with E-state index < -0.39 is 0 Å². The van der Waals surface area contributed by atoms with Gasteiger partial charge in [0.15, 0.2) is 0 Å². The Morgan fingerprint density at radius 1 is 1.31 bits per heavy atom. The van der Waals surface area contributed by atoms with Gasteiger partial charge >= 0.3 is 0 Å². The zero-order chi connectivity index (χ0) is 11.6. The van der Waals surface area contributed by atoms with Crippen LogP contribution < -0.4 is 10.6 Å². The number of hydrogen-bond donors (Lipinski definition) is 2. The largest absolute Gasteiger partial charge is 0.379 e. The van der Waals surface area contributed by atoms with E-state index in [9.17, 15) is 4.79 Å². The van der Waals surface area contributed by atoms with Crippen LogP contribution in [0.25, 0.3) is 0 Å². The molecule has 0 aliphatic carbocycles. The van der Waals surface area contributed by atoms with Crippen molar-refractivity contribution < 1.29 is 9.53 Å². The molecule has 1 rings (SSSR count). The average Bonchev–Trinajstić information content (AvgIpc) is 2.34. The summed E-state index contributed by atoms with van der Waals surface area (Å²) in [4.78, 5) is 13.3. The molecule has 1 heterocycles. The highest BCUT2D eigenvalue weighted by molar-refractivity contribution is 5.75. The zero-order valence-corrected chi connectivity index (χ0v) is 10.1. The number of nitrogens with zero attached hydrogens (tertiary/aromatic N) is 1. The van der Waals surface area contributed by atoms with E-state index in [0.717, 1.165) is 52.4 Å². The quantitative estimate of drug-likeness (QED) is 0.574. The second-order valence-corrected chi connectivity index (χ2v) is 3.98. The van der Waals surface area contributed by atoms with E-state index in [1.807, 2.05) is 0 Å². The van der Waals surface area contributed by atoms with E-state index in [1.165, 1.54) is 0 Å². The van der Waals surface area contributed by atoms with E-state index in [4.69, 9.17) is 4.74 Å². The number of nitrogens with one attached hydrogen (secondary N) is 2. The van der Waals surface area contributed by atoms with Gasteiger partial charge in [-0.3, -0.25) is 9.69 Å². The summed E-state index contributed by atoms with van der Waals surface area (Å²) < 4.78 is 5.28. The van der Waals surface area contributed by atoms with Gasteiger partial charge in [-0.25, -0.2) is 0 Å². The Morgan fingerprint density at radius 3 is 2.75 bits per heavy atom. The Labute approximate surface area is 97.5 Å². The van der Waals surface area contributed by atoms with Gasteiger partial charge in [0.1, 0.15) is 0 Å². The summed E-state index contributed by atoms with van der Waals surface area (Å²) in [6.07, 6.45) is 1.70. The lowest BCUT2D eigenvalue weighted by molar-refractivity contribution is -0.120. The van der Waals surface area contributed by atoms with E-state index in [1.54, 1.807) is 7.05 Å². The van der Waals surface area contributed by atoms with Crippen molar-refractivity contribution >= 4 is 5.91 Å². The van der Waals surface area contributed by atoms with Crippen LogP contribution in [-0.2, 0) is 9.53 Å². The average molecular weight is 229 g/mol. The summed E-state index contributed by atoms with van der Waals surface area (Å²) in [5.41, 5.74) is 0. The Kier molecular flexibility index (Phi) is 7.12. The maximum absolute atomic E-state index is 10.9. The third-order valence-electron chi connectivity index (χ3n) is 2.74. The minimum Gasteiger partial charge on any atom is -0.379 e. The number of carbonyl (C=O) groups excluding carboxylic acids is 1. The Balaban J connectivity index is 1.85. The van der Waals surface area contributed by atoms with Crippen molar-refractivity contribution in [1.82, 2.24) is 15.5 Å². The minimum atomic E-state index is 0.0979. The third-order valence-corrected chi connectivity index (χ3v) is 2.74. The Bertz CT molecular complexity index is 194. The number of morpholine rings is 1. The highest BCUT2D eigenvalue weighted by Crippen LogP contribution is 1.97. The molecule has 0 aromatic heterocycles. The van der Waals surface area contributed by atoms with Crippen molar-refractivity contribution in [2.45, 2.75) is 12.8 Å². The number of rotatable bonds is 7. The molecule has 1 aliphatic rings. The lowest BCUT2D eigenvalue weighted by Gasteiger charge is -2.26. The van der Waals surface area contributed by atoms with Gasteiger partial charge < -0.3 is 15.4 Å². The topological polar surface area (TPSA) is 53.6 Å². The third kappa shape index (κ3) is 6.05. The van der Waals surface area contributed by atoms with Crippen molar-refractivity contribution in [2.75, 3.05) is 53.0 Å². The normalized spacial score (nSPS) is 17.3. The van der Waals surface area contributed by atoms with Gasteiger partial charge in [0.25, 0.3) is 0 Å². The van der Waals surface area contributed by atoms with Gasteiger partial charge in [0.2, 0.25) is 5.91 Å². The van der Waals surface area contributed by atoms with Crippen LogP contribution in [-0.4, -0.2) is 63.8 Å². The monoisotopic (exact) mass is 229 g/mol. The molecule has 0 unspecified atom stereocenters. The highest BCUT2D eigenvalue weighted by Gasteiger charge is 2.08. The first-order valence-corrected chi connectivity index (χ1v) is 6.04. The van der Waals surface area contributed by atoms with Crippen LogP contribution in [0.1, 0.15) is 12.8 Å². The molecule has 5 heteroatoms. The molecule has 0 atom stereocenters. The summed E-state index contributed by atoms with van der Waals surface area (Å²) in [6.45, 7) is 6.71. The molecule has 5 nitrogen and oxygen atoms in total. The molecule has 1 amide bonds. The summed E-state index contributed by atoms with van der Waals surface area (Å²) in [6, 6.07) is 0. The molecule has 0 saturated carbocycles. The number of hydrogen-bond acceptors (Lipinski definition) is 4. The van der Waals surface area contributed by atoms with Gasteiger partial charge in [-0.1, -0.05) is 0 Å². The van der Waals surface area contributed by atoms with Gasteiger partial charge in [-0.05, 0) is 19.5 Å². The maximum atomic E-state index is 10.9. The first-order chi connectivity index (χ1) is 7.83. The fraction of sp³-hybridized carbons (Fsp3) is 0.909. The molecule has 2 N–H and O–H groups in total. The van der Waals surface area contributed by atoms with Crippen molar-refractivity contribution in [1.29, 1.82) is 0 Å². The predicted molar refractivity (Wildman–Crippen MR) is 63.4 cm³/mol. The summed E-state index contributed by atoms with van der Waals surface area (Å²) in [7, 11) is 1.67. The zero-order valence-electron chi connectivity index (χ0n) is 10.1. The smallest absolute Gasteiger partial charge is 0.221 e. The lowest BCUT2D eigenvalue weighted by Crippen LogP contribution is -2.37. The molecule has 1 fully saturated rings. The first kappa shape index (κ1) is 13.4. The van der Waals surface area contributed by atoms with Gasteiger partial charge in [-0.15, -0.1) is 0 Å². The van der Waals surface area contributed by atoms with Crippen molar-refractivity contribution in [3.63, 3.8) is 0 Å². The van der Waals surface area contributed by atoms with E-state index in [0.29, 0.717) is 6.42 Å². The molecule has 16 heavy (non-hydrogen) atoms. The van der Waals surface area contributed by atoms with Crippen LogP contribution in [0, 0.1) is 0 Å². The second kappa shape index (κ2) is 8.50.